The second-order valence-corrected chi connectivity index (χ2v) is 9.52. The van der Waals surface area contributed by atoms with Crippen molar-refractivity contribution in [1.29, 1.82) is 0 Å². The molecule has 1 aliphatic rings. The number of furan rings is 1. The fourth-order valence-corrected chi connectivity index (χ4v) is 5.48. The van der Waals surface area contributed by atoms with Crippen LogP contribution < -0.4 is 5.32 Å². The summed E-state index contributed by atoms with van der Waals surface area (Å²) >= 11 is 0. The minimum absolute atomic E-state index is 0.367. The van der Waals surface area contributed by atoms with Crippen LogP contribution in [0.5, 0.6) is 0 Å². The maximum Gasteiger partial charge on any atom is 0.211 e. The van der Waals surface area contributed by atoms with Crippen LogP contribution in [-0.2, 0) is 0 Å². The first-order valence-corrected chi connectivity index (χ1v) is 12.7. The molecule has 0 bridgehead atoms. The molecule has 0 saturated carbocycles. The summed E-state index contributed by atoms with van der Waals surface area (Å²) in [7, 11) is 0. The molecule has 5 nitrogen and oxygen atoms in total. The molecule has 5 aromatic carbocycles. The second-order valence-electron chi connectivity index (χ2n) is 9.52. The first kappa shape index (κ1) is 21.0. The van der Waals surface area contributed by atoms with Crippen molar-refractivity contribution in [3.63, 3.8) is 0 Å². The molecule has 1 unspecified atom stereocenters. The van der Waals surface area contributed by atoms with E-state index in [2.05, 4.69) is 82.7 Å². The first-order chi connectivity index (χ1) is 18.8. The molecule has 38 heavy (non-hydrogen) atoms. The van der Waals surface area contributed by atoms with Crippen molar-refractivity contribution >= 4 is 55.5 Å². The quantitative estimate of drug-likeness (QED) is 0.271. The first-order valence-electron chi connectivity index (χ1n) is 12.7. The molecule has 3 heterocycles. The van der Waals surface area contributed by atoms with Gasteiger partial charge in [0.1, 0.15) is 17.0 Å². The van der Waals surface area contributed by atoms with Crippen LogP contribution in [0.3, 0.4) is 0 Å². The van der Waals surface area contributed by atoms with Gasteiger partial charge in [0.25, 0.3) is 0 Å². The number of nitrogens with zero attached hydrogens (tertiary/aromatic N) is 3. The Bertz CT molecular complexity index is 2050. The van der Waals surface area contributed by atoms with Gasteiger partial charge in [-0.2, -0.15) is 0 Å². The smallest absolute Gasteiger partial charge is 0.211 e. The number of nitrogens with one attached hydrogen (secondary N) is 1. The molecule has 8 rings (SSSR count). The van der Waals surface area contributed by atoms with E-state index in [-0.39, 0.29) is 6.17 Å². The Hall–Kier alpha value is -5.16. The fraction of sp³-hybridized carbons (Fsp3) is 0.0303. The van der Waals surface area contributed by atoms with Gasteiger partial charge in [-0.3, -0.25) is 4.57 Å². The Labute approximate surface area is 218 Å². The molecule has 1 atom stereocenters. The molecular formula is C33H22N4O. The molecule has 0 fully saturated rings. The molecule has 1 aliphatic heterocycles. The van der Waals surface area contributed by atoms with Crippen molar-refractivity contribution in [2.45, 2.75) is 6.17 Å². The van der Waals surface area contributed by atoms with Gasteiger partial charge in [0, 0.05) is 33.2 Å². The largest absolute Gasteiger partial charge is 0.456 e. The number of amidine groups is 1. The monoisotopic (exact) mass is 490 g/mol. The Morgan fingerprint density at radius 2 is 1.29 bits per heavy atom. The molecule has 0 amide bonds. The number of aliphatic imine (C=N–C) groups is 2. The number of fused-ring (bicyclic) bond motifs is 6. The summed E-state index contributed by atoms with van der Waals surface area (Å²) in [5.74, 6) is 1.52. The van der Waals surface area contributed by atoms with Crippen LogP contribution in [0.1, 0.15) is 17.3 Å². The van der Waals surface area contributed by atoms with E-state index in [4.69, 9.17) is 14.4 Å². The number of rotatable bonds is 2. The molecule has 180 valence electrons. The van der Waals surface area contributed by atoms with Crippen LogP contribution in [0.2, 0.25) is 0 Å². The van der Waals surface area contributed by atoms with Crippen LogP contribution in [0.15, 0.2) is 136 Å². The van der Waals surface area contributed by atoms with Gasteiger partial charge in [-0.25, -0.2) is 9.98 Å². The van der Waals surface area contributed by atoms with Crippen LogP contribution in [0, 0.1) is 0 Å². The van der Waals surface area contributed by atoms with Gasteiger partial charge < -0.3 is 9.73 Å². The average molecular weight is 491 g/mol. The lowest BCUT2D eigenvalue weighted by Crippen LogP contribution is -2.39. The van der Waals surface area contributed by atoms with Crippen LogP contribution in [-0.4, -0.2) is 16.4 Å². The van der Waals surface area contributed by atoms with Crippen LogP contribution in [0.25, 0.3) is 43.7 Å². The van der Waals surface area contributed by atoms with E-state index in [1.807, 2.05) is 48.5 Å². The summed E-state index contributed by atoms with van der Waals surface area (Å²) in [4.78, 5) is 10.2. The van der Waals surface area contributed by atoms with Gasteiger partial charge in [-0.05, 0) is 23.8 Å². The summed E-state index contributed by atoms with van der Waals surface area (Å²) in [6.45, 7) is 0. The summed E-state index contributed by atoms with van der Waals surface area (Å²) < 4.78 is 8.48. The summed E-state index contributed by atoms with van der Waals surface area (Å²) in [6, 6.07) is 41.5. The number of hydrogen-bond acceptors (Lipinski definition) is 4. The second kappa shape index (κ2) is 8.18. The summed E-state index contributed by atoms with van der Waals surface area (Å²) in [6.07, 6.45) is -0.367. The van der Waals surface area contributed by atoms with Gasteiger partial charge in [-0.1, -0.05) is 97.1 Å². The number of benzene rings is 5. The van der Waals surface area contributed by atoms with E-state index in [9.17, 15) is 0 Å². The molecule has 0 radical (unpaired) electrons. The number of hydrogen-bond donors (Lipinski definition) is 1. The minimum Gasteiger partial charge on any atom is -0.456 e. The SMILES string of the molecule is c1ccc(C2=NC(c3ccccc3)N=C(n3c4ccccc4c4cc5c(cc43)oc3ccccc35)N2)cc1. The highest BCUT2D eigenvalue weighted by atomic mass is 16.3. The number of para-hydroxylation sites is 2. The molecule has 7 aromatic rings. The molecule has 1 N–H and O–H groups in total. The topological polar surface area (TPSA) is 54.8 Å². The van der Waals surface area contributed by atoms with Crippen molar-refractivity contribution in [1.82, 2.24) is 9.88 Å². The van der Waals surface area contributed by atoms with Gasteiger partial charge in [-0.15, -0.1) is 0 Å². The minimum atomic E-state index is -0.367. The van der Waals surface area contributed by atoms with Crippen molar-refractivity contribution in [3.05, 3.63) is 132 Å². The van der Waals surface area contributed by atoms with Crippen molar-refractivity contribution in [2.75, 3.05) is 0 Å². The molecule has 2 aromatic heterocycles. The third-order valence-electron chi connectivity index (χ3n) is 7.25. The van der Waals surface area contributed by atoms with Gasteiger partial charge >= 0.3 is 0 Å². The standard InChI is InChI=1S/C33H22N4O/c1-3-11-21(12-4-1)31-34-32(22-13-5-2-6-14-22)36-33(35-31)37-27-17-9-7-15-23(27)25-19-26-24-16-8-10-18-29(24)38-30(26)20-28(25)37/h1-20,31H,(H,34,35,36). The highest BCUT2D eigenvalue weighted by molar-refractivity contribution is 6.21. The predicted octanol–water partition coefficient (Wildman–Crippen LogP) is 7.65. The van der Waals surface area contributed by atoms with E-state index in [0.717, 1.165) is 61.3 Å². The number of aromatic nitrogens is 1. The zero-order valence-corrected chi connectivity index (χ0v) is 20.4. The zero-order chi connectivity index (χ0) is 25.1. The van der Waals surface area contributed by atoms with Gasteiger partial charge in [0.2, 0.25) is 5.96 Å². The molecule has 5 heteroatoms. The Kier molecular flexibility index (Phi) is 4.52. The molecular weight excluding hydrogens is 468 g/mol. The van der Waals surface area contributed by atoms with E-state index in [1.54, 1.807) is 0 Å². The van der Waals surface area contributed by atoms with Crippen molar-refractivity contribution < 1.29 is 4.42 Å². The van der Waals surface area contributed by atoms with E-state index < -0.39 is 0 Å². The maximum atomic E-state index is 6.28. The highest BCUT2D eigenvalue weighted by Gasteiger charge is 2.24. The molecule has 0 spiro atoms. The Morgan fingerprint density at radius 3 is 2.13 bits per heavy atom. The van der Waals surface area contributed by atoms with Gasteiger partial charge in [0.15, 0.2) is 6.17 Å². The Morgan fingerprint density at radius 1 is 0.579 bits per heavy atom. The van der Waals surface area contributed by atoms with Crippen LogP contribution in [0.4, 0.5) is 0 Å². The summed E-state index contributed by atoms with van der Waals surface area (Å²) in [5.41, 5.74) is 5.91. The fourth-order valence-electron chi connectivity index (χ4n) is 5.48. The lowest BCUT2D eigenvalue weighted by Gasteiger charge is -2.23. The van der Waals surface area contributed by atoms with Crippen LogP contribution >= 0.6 is 0 Å². The predicted molar refractivity (Wildman–Crippen MR) is 155 cm³/mol. The zero-order valence-electron chi connectivity index (χ0n) is 20.4. The molecule has 0 saturated heterocycles. The van der Waals surface area contributed by atoms with E-state index in [0.29, 0.717) is 0 Å². The third-order valence-corrected chi connectivity index (χ3v) is 7.25. The lowest BCUT2D eigenvalue weighted by molar-refractivity contribution is 0.669. The average Bonchev–Trinajstić information content (AvgIpc) is 3.51. The maximum absolute atomic E-state index is 6.28. The van der Waals surface area contributed by atoms with Crippen molar-refractivity contribution in [3.8, 4) is 0 Å². The van der Waals surface area contributed by atoms with E-state index in [1.165, 1.54) is 5.39 Å². The lowest BCUT2D eigenvalue weighted by atomic mass is 10.1. The normalized spacial score (nSPS) is 15.6. The third kappa shape index (κ3) is 3.19. The van der Waals surface area contributed by atoms with Crippen molar-refractivity contribution in [2.24, 2.45) is 9.98 Å². The molecule has 0 aliphatic carbocycles. The van der Waals surface area contributed by atoms with E-state index >= 15 is 0 Å². The Balaban J connectivity index is 1.40. The highest BCUT2D eigenvalue weighted by Crippen LogP contribution is 2.37. The van der Waals surface area contributed by atoms with Gasteiger partial charge in [0.05, 0.1) is 11.0 Å². The summed E-state index contributed by atoms with van der Waals surface area (Å²) in [5, 5.41) is 8.12.